The first kappa shape index (κ1) is 17.2. The highest BCUT2D eigenvalue weighted by atomic mass is 79.9. The lowest BCUT2D eigenvalue weighted by atomic mass is 10.3. The number of halogens is 4. The number of urea groups is 1. The molecule has 0 aliphatic heterocycles. The van der Waals surface area contributed by atoms with Crippen molar-refractivity contribution in [2.24, 2.45) is 0 Å². The molecule has 5 nitrogen and oxygen atoms in total. The first-order chi connectivity index (χ1) is 10.3. The summed E-state index contributed by atoms with van der Waals surface area (Å²) in [5.74, 6) is -0.341. The fourth-order valence-electron chi connectivity index (χ4n) is 1.60. The summed E-state index contributed by atoms with van der Waals surface area (Å²) < 4.78 is 0.673. The Kier molecular flexibility index (Phi) is 5.44. The van der Waals surface area contributed by atoms with Gasteiger partial charge in [-0.15, -0.1) is 0 Å². The standard InChI is InChI=1S/C13H8Br2Cl2N2O3/c14-7-1-5(16)3-9(11(7)20)18-13(22)19-10-4-6(17)2-8(15)12(10)21/h1-4,20-21H,(H2,18,19,22). The Morgan fingerprint density at radius 3 is 1.59 bits per heavy atom. The second-order valence-electron chi connectivity index (χ2n) is 4.15. The third kappa shape index (κ3) is 3.98. The molecule has 0 spiro atoms. The molecule has 0 saturated heterocycles. The van der Waals surface area contributed by atoms with E-state index in [2.05, 4.69) is 42.5 Å². The van der Waals surface area contributed by atoms with Gasteiger partial charge in [0, 0.05) is 10.0 Å². The Hall–Kier alpha value is -1.15. The van der Waals surface area contributed by atoms with Gasteiger partial charge >= 0.3 is 6.03 Å². The van der Waals surface area contributed by atoms with Crippen LogP contribution in [0.2, 0.25) is 10.0 Å². The van der Waals surface area contributed by atoms with E-state index >= 15 is 0 Å². The van der Waals surface area contributed by atoms with Gasteiger partial charge in [-0.2, -0.15) is 0 Å². The topological polar surface area (TPSA) is 81.6 Å². The second-order valence-corrected chi connectivity index (χ2v) is 6.73. The van der Waals surface area contributed by atoms with Crippen LogP contribution in [-0.4, -0.2) is 16.2 Å². The Morgan fingerprint density at radius 1 is 0.864 bits per heavy atom. The molecule has 0 aliphatic carbocycles. The van der Waals surface area contributed by atoms with Crippen LogP contribution in [0.5, 0.6) is 11.5 Å². The van der Waals surface area contributed by atoms with Crippen molar-refractivity contribution in [1.29, 1.82) is 0 Å². The van der Waals surface area contributed by atoms with Crippen LogP contribution in [0.25, 0.3) is 0 Å². The zero-order valence-electron chi connectivity index (χ0n) is 10.6. The minimum absolute atomic E-state index is 0.109. The minimum Gasteiger partial charge on any atom is -0.505 e. The van der Waals surface area contributed by atoms with E-state index in [4.69, 9.17) is 23.2 Å². The third-order valence-electron chi connectivity index (χ3n) is 2.55. The molecular weight excluding hydrogens is 463 g/mol. The summed E-state index contributed by atoms with van der Waals surface area (Å²) in [4.78, 5) is 12.0. The van der Waals surface area contributed by atoms with Crippen molar-refractivity contribution in [3.8, 4) is 11.5 Å². The molecule has 2 amide bonds. The number of aromatic hydroxyl groups is 2. The van der Waals surface area contributed by atoms with Crippen LogP contribution in [-0.2, 0) is 0 Å². The molecule has 0 atom stereocenters. The summed E-state index contributed by atoms with van der Waals surface area (Å²) in [5, 5.41) is 25.2. The van der Waals surface area contributed by atoms with E-state index in [1.54, 1.807) is 0 Å². The van der Waals surface area contributed by atoms with Gasteiger partial charge in [-0.05, 0) is 56.1 Å². The zero-order chi connectivity index (χ0) is 16.4. The highest BCUT2D eigenvalue weighted by molar-refractivity contribution is 9.11. The Bertz CT molecular complexity index is 695. The van der Waals surface area contributed by atoms with Crippen molar-refractivity contribution in [2.45, 2.75) is 0 Å². The van der Waals surface area contributed by atoms with Crippen molar-refractivity contribution in [3.05, 3.63) is 43.3 Å². The molecule has 0 aliphatic rings. The molecule has 0 saturated carbocycles. The van der Waals surface area contributed by atoms with Crippen LogP contribution in [0.3, 0.4) is 0 Å². The van der Waals surface area contributed by atoms with E-state index in [1.165, 1.54) is 24.3 Å². The maximum atomic E-state index is 12.0. The van der Waals surface area contributed by atoms with Crippen LogP contribution in [0, 0.1) is 0 Å². The Balaban J connectivity index is 2.21. The van der Waals surface area contributed by atoms with E-state index in [0.29, 0.717) is 19.0 Å². The lowest BCUT2D eigenvalue weighted by Crippen LogP contribution is -2.19. The van der Waals surface area contributed by atoms with E-state index < -0.39 is 6.03 Å². The van der Waals surface area contributed by atoms with Crippen molar-refractivity contribution < 1.29 is 15.0 Å². The van der Waals surface area contributed by atoms with Gasteiger partial charge in [0.15, 0.2) is 11.5 Å². The molecule has 0 aromatic heterocycles. The lowest BCUT2D eigenvalue weighted by Gasteiger charge is -2.12. The molecule has 0 bridgehead atoms. The van der Waals surface area contributed by atoms with E-state index in [0.717, 1.165) is 0 Å². The second kappa shape index (κ2) is 6.95. The molecule has 0 radical (unpaired) electrons. The molecule has 2 rings (SSSR count). The molecule has 0 unspecified atom stereocenters. The van der Waals surface area contributed by atoms with E-state index in [9.17, 15) is 15.0 Å². The van der Waals surface area contributed by atoms with E-state index in [1.807, 2.05) is 0 Å². The molecule has 0 fully saturated rings. The van der Waals surface area contributed by atoms with Crippen molar-refractivity contribution in [3.63, 3.8) is 0 Å². The van der Waals surface area contributed by atoms with Crippen LogP contribution < -0.4 is 10.6 Å². The van der Waals surface area contributed by atoms with E-state index in [-0.39, 0.29) is 22.9 Å². The number of benzene rings is 2. The monoisotopic (exact) mass is 468 g/mol. The van der Waals surface area contributed by atoms with Crippen LogP contribution in [0.15, 0.2) is 33.2 Å². The number of rotatable bonds is 2. The zero-order valence-corrected chi connectivity index (χ0v) is 15.3. The number of carbonyl (C=O) groups excluding carboxylic acids is 1. The maximum Gasteiger partial charge on any atom is 0.323 e. The Morgan fingerprint density at radius 2 is 1.23 bits per heavy atom. The van der Waals surface area contributed by atoms with Crippen molar-refractivity contribution in [2.75, 3.05) is 10.6 Å². The molecule has 4 N–H and O–H groups in total. The SMILES string of the molecule is O=C(Nc1cc(Cl)cc(Br)c1O)Nc1cc(Cl)cc(Br)c1O. The summed E-state index contributed by atoms with van der Waals surface area (Å²) >= 11 is 17.9. The third-order valence-corrected chi connectivity index (χ3v) is 4.20. The summed E-state index contributed by atoms with van der Waals surface area (Å²) in [7, 11) is 0. The van der Waals surface area contributed by atoms with Gasteiger partial charge in [0.25, 0.3) is 0 Å². The first-order valence-corrected chi connectivity index (χ1v) is 8.06. The summed E-state index contributed by atoms with van der Waals surface area (Å²) in [6.45, 7) is 0. The summed E-state index contributed by atoms with van der Waals surface area (Å²) in [5.41, 5.74) is 0.218. The molecule has 2 aromatic carbocycles. The van der Waals surface area contributed by atoms with Gasteiger partial charge in [-0.1, -0.05) is 23.2 Å². The number of hydrogen-bond acceptors (Lipinski definition) is 3. The lowest BCUT2D eigenvalue weighted by molar-refractivity contribution is 0.262. The van der Waals surface area contributed by atoms with Gasteiger partial charge in [0.2, 0.25) is 0 Å². The smallest absolute Gasteiger partial charge is 0.323 e. The minimum atomic E-state index is -0.686. The molecule has 9 heteroatoms. The summed E-state index contributed by atoms with van der Waals surface area (Å²) in [6.07, 6.45) is 0. The normalized spacial score (nSPS) is 10.4. The highest BCUT2D eigenvalue weighted by Crippen LogP contribution is 2.37. The number of nitrogens with one attached hydrogen (secondary N) is 2. The molecule has 22 heavy (non-hydrogen) atoms. The largest absolute Gasteiger partial charge is 0.505 e. The number of phenols is 2. The molecule has 2 aromatic rings. The average Bonchev–Trinajstić information content (AvgIpc) is 2.41. The van der Waals surface area contributed by atoms with Gasteiger partial charge in [-0.3, -0.25) is 0 Å². The van der Waals surface area contributed by atoms with Gasteiger partial charge in [0.1, 0.15) is 0 Å². The predicted molar refractivity (Wildman–Crippen MR) is 94.3 cm³/mol. The van der Waals surface area contributed by atoms with Crippen molar-refractivity contribution in [1.82, 2.24) is 0 Å². The molecular formula is C13H8Br2Cl2N2O3. The van der Waals surface area contributed by atoms with Gasteiger partial charge in [-0.25, -0.2) is 4.79 Å². The maximum absolute atomic E-state index is 12.0. The number of carbonyl (C=O) groups is 1. The fourth-order valence-corrected chi connectivity index (χ4v) is 3.22. The average molecular weight is 471 g/mol. The first-order valence-electron chi connectivity index (χ1n) is 5.72. The van der Waals surface area contributed by atoms with Crippen LogP contribution in [0.4, 0.5) is 16.2 Å². The van der Waals surface area contributed by atoms with Gasteiger partial charge in [0.05, 0.1) is 20.3 Å². The number of hydrogen-bond donors (Lipinski definition) is 4. The Labute approximate surface area is 152 Å². The molecule has 116 valence electrons. The fraction of sp³-hybridized carbons (Fsp3) is 0. The summed E-state index contributed by atoms with van der Waals surface area (Å²) in [6, 6.07) is 5.05. The molecule has 0 heterocycles. The van der Waals surface area contributed by atoms with Gasteiger partial charge < -0.3 is 20.8 Å². The quantitative estimate of drug-likeness (QED) is 0.433. The number of anilines is 2. The predicted octanol–water partition coefficient (Wildman–Crippen LogP) is 5.57. The van der Waals surface area contributed by atoms with Crippen molar-refractivity contribution >= 4 is 72.5 Å². The number of phenolic OH excluding ortho intramolecular Hbond substituents is 2. The number of amides is 2. The van der Waals surface area contributed by atoms with Crippen LogP contribution >= 0.6 is 55.1 Å². The van der Waals surface area contributed by atoms with Crippen LogP contribution in [0.1, 0.15) is 0 Å². The highest BCUT2D eigenvalue weighted by Gasteiger charge is 2.14.